The summed E-state index contributed by atoms with van der Waals surface area (Å²) in [4.78, 5) is 14.5. The van der Waals surface area contributed by atoms with Crippen LogP contribution in [0.15, 0.2) is 30.6 Å². The molecule has 3 rings (SSSR count). The molecule has 1 aromatic carbocycles. The molecular weight excluding hydrogens is 328 g/mol. The van der Waals surface area contributed by atoms with Gasteiger partial charge in [0, 0.05) is 30.9 Å². The van der Waals surface area contributed by atoms with Crippen LogP contribution >= 0.6 is 0 Å². The highest BCUT2D eigenvalue weighted by Gasteiger charge is 2.27. The maximum atomic E-state index is 12.3. The molecule has 0 unspecified atom stereocenters. The van der Waals surface area contributed by atoms with Crippen molar-refractivity contribution in [1.82, 2.24) is 20.0 Å². The lowest BCUT2D eigenvalue weighted by Crippen LogP contribution is -2.52. The molecule has 139 valence electrons. The van der Waals surface area contributed by atoms with E-state index in [0.29, 0.717) is 11.8 Å². The maximum Gasteiger partial charge on any atom is 0.258 e. The fraction of sp³-hybridized carbons (Fsp3) is 0.500. The van der Waals surface area contributed by atoms with E-state index in [4.69, 9.17) is 4.74 Å². The third-order valence-corrected chi connectivity index (χ3v) is 4.91. The van der Waals surface area contributed by atoms with Crippen molar-refractivity contribution in [2.24, 2.45) is 7.05 Å². The first-order valence-corrected chi connectivity index (χ1v) is 9.11. The number of nitrogens with one attached hydrogen (secondary N) is 1. The van der Waals surface area contributed by atoms with Gasteiger partial charge in [-0.3, -0.25) is 9.48 Å². The average Bonchev–Trinajstić information content (AvgIpc) is 3.07. The quantitative estimate of drug-likeness (QED) is 0.863. The third-order valence-electron chi connectivity index (χ3n) is 4.91. The molecule has 2 aromatic rings. The highest BCUT2D eigenvalue weighted by molar-refractivity contribution is 5.78. The van der Waals surface area contributed by atoms with Crippen molar-refractivity contribution in [3.63, 3.8) is 0 Å². The predicted molar refractivity (Wildman–Crippen MR) is 101 cm³/mol. The Morgan fingerprint density at radius 3 is 2.88 bits per heavy atom. The number of likely N-dealkylation sites (N-methyl/N-ethyl adjacent to an activating group) is 1. The van der Waals surface area contributed by atoms with Gasteiger partial charge >= 0.3 is 0 Å². The first-order chi connectivity index (χ1) is 12.5. The van der Waals surface area contributed by atoms with Gasteiger partial charge in [0.25, 0.3) is 5.91 Å². The number of benzene rings is 1. The van der Waals surface area contributed by atoms with Gasteiger partial charge in [-0.05, 0) is 56.8 Å². The summed E-state index contributed by atoms with van der Waals surface area (Å²) in [6.07, 6.45) is 8.27. The molecule has 0 saturated heterocycles. The molecule has 2 atom stereocenters. The van der Waals surface area contributed by atoms with E-state index < -0.39 is 0 Å². The number of ether oxygens (including phenoxy) is 1. The lowest BCUT2D eigenvalue weighted by Gasteiger charge is -2.36. The van der Waals surface area contributed by atoms with Crippen LogP contribution in [-0.2, 0) is 11.8 Å². The molecule has 1 N–H and O–H groups in total. The van der Waals surface area contributed by atoms with Gasteiger partial charge in [0.1, 0.15) is 5.75 Å². The number of rotatable bonds is 6. The Labute approximate surface area is 155 Å². The maximum absolute atomic E-state index is 12.3. The monoisotopic (exact) mass is 355 g/mol. The standard InChI is InChI=1S/C20H27N4O2/c1-23(2)19-10-5-4-9-18(19)22-20(25)14-26-17-8-6-7-15(11-17)16-12-21-24(3)13-16/h7-8,11-13,18-19H,4-5,9-10,14H2,1-3H3,(H,22,25)/t18-,19-/m1/s1. The van der Waals surface area contributed by atoms with Crippen LogP contribution in [-0.4, -0.2) is 53.4 Å². The summed E-state index contributed by atoms with van der Waals surface area (Å²) < 4.78 is 7.44. The van der Waals surface area contributed by atoms with Crippen molar-refractivity contribution >= 4 is 5.91 Å². The van der Waals surface area contributed by atoms with Crippen molar-refractivity contribution in [2.45, 2.75) is 37.8 Å². The van der Waals surface area contributed by atoms with Gasteiger partial charge in [0.15, 0.2) is 6.61 Å². The summed E-state index contributed by atoms with van der Waals surface area (Å²) in [6, 6.07) is 9.20. The van der Waals surface area contributed by atoms with Gasteiger partial charge in [0.05, 0.1) is 6.20 Å². The van der Waals surface area contributed by atoms with Gasteiger partial charge in [0.2, 0.25) is 0 Å². The second-order valence-electron chi connectivity index (χ2n) is 7.14. The summed E-state index contributed by atoms with van der Waals surface area (Å²) in [5.74, 6) is 0.560. The minimum absolute atomic E-state index is 0.0149. The van der Waals surface area contributed by atoms with Crippen LogP contribution in [0.5, 0.6) is 5.75 Å². The van der Waals surface area contributed by atoms with Gasteiger partial charge < -0.3 is 15.0 Å². The van der Waals surface area contributed by atoms with Crippen LogP contribution in [0.25, 0.3) is 11.1 Å². The number of carbonyl (C=O) groups excluding carboxylic acids is 1. The second kappa shape index (κ2) is 8.36. The normalized spacial score (nSPS) is 20.2. The molecule has 6 heteroatoms. The van der Waals surface area contributed by atoms with E-state index in [0.717, 1.165) is 30.4 Å². The Morgan fingerprint density at radius 1 is 1.35 bits per heavy atom. The second-order valence-corrected chi connectivity index (χ2v) is 7.14. The SMILES string of the molecule is CN(C)[C@@H]1CCCC[C@H]1NC(=O)COc1c[c]cc(-c2cnn(C)c2)c1. The zero-order chi connectivity index (χ0) is 18.5. The fourth-order valence-corrected chi connectivity index (χ4v) is 3.57. The molecular formula is C20H27N4O2. The van der Waals surface area contributed by atoms with E-state index in [-0.39, 0.29) is 18.6 Å². The number of hydrogen-bond acceptors (Lipinski definition) is 4. The van der Waals surface area contributed by atoms with E-state index in [1.807, 2.05) is 25.4 Å². The van der Waals surface area contributed by atoms with E-state index in [1.165, 1.54) is 6.42 Å². The Balaban J connectivity index is 1.56. The van der Waals surface area contributed by atoms with Crippen molar-refractivity contribution < 1.29 is 9.53 Å². The van der Waals surface area contributed by atoms with Gasteiger partial charge in [-0.2, -0.15) is 5.10 Å². The van der Waals surface area contributed by atoms with E-state index in [2.05, 4.69) is 35.5 Å². The summed E-state index contributed by atoms with van der Waals surface area (Å²) >= 11 is 0. The molecule has 1 aliphatic rings. The predicted octanol–water partition coefficient (Wildman–Crippen LogP) is 2.26. The van der Waals surface area contributed by atoms with Crippen LogP contribution in [0, 0.1) is 6.07 Å². The Kier molecular flexibility index (Phi) is 5.93. The third kappa shape index (κ3) is 4.64. The lowest BCUT2D eigenvalue weighted by atomic mass is 9.89. The molecule has 1 heterocycles. The van der Waals surface area contributed by atoms with Gasteiger partial charge in [-0.1, -0.05) is 12.8 Å². The molecule has 0 spiro atoms. The number of amides is 1. The highest BCUT2D eigenvalue weighted by atomic mass is 16.5. The van der Waals surface area contributed by atoms with Crippen LogP contribution in [0.3, 0.4) is 0 Å². The first-order valence-electron chi connectivity index (χ1n) is 9.11. The molecule has 26 heavy (non-hydrogen) atoms. The minimum Gasteiger partial charge on any atom is -0.484 e. The van der Waals surface area contributed by atoms with Crippen LogP contribution < -0.4 is 10.1 Å². The Morgan fingerprint density at radius 2 is 2.15 bits per heavy atom. The fourth-order valence-electron chi connectivity index (χ4n) is 3.57. The first kappa shape index (κ1) is 18.5. The molecule has 6 nitrogen and oxygen atoms in total. The molecule has 1 aliphatic carbocycles. The van der Waals surface area contributed by atoms with Crippen LogP contribution in [0.4, 0.5) is 0 Å². The Bertz CT molecular complexity index is 741. The molecule has 1 fully saturated rings. The van der Waals surface area contributed by atoms with Crippen molar-refractivity contribution in [3.05, 3.63) is 36.7 Å². The number of nitrogens with zero attached hydrogens (tertiary/aromatic N) is 3. The van der Waals surface area contributed by atoms with Gasteiger partial charge in [-0.15, -0.1) is 0 Å². The van der Waals surface area contributed by atoms with Crippen molar-refractivity contribution in [2.75, 3.05) is 20.7 Å². The highest BCUT2D eigenvalue weighted by Crippen LogP contribution is 2.23. The lowest BCUT2D eigenvalue weighted by molar-refractivity contribution is -0.124. The molecule has 1 saturated carbocycles. The number of aromatic nitrogens is 2. The zero-order valence-electron chi connectivity index (χ0n) is 15.7. The molecule has 0 aliphatic heterocycles. The number of carbonyl (C=O) groups is 1. The zero-order valence-corrected chi connectivity index (χ0v) is 15.7. The smallest absolute Gasteiger partial charge is 0.258 e. The van der Waals surface area contributed by atoms with E-state index in [9.17, 15) is 4.79 Å². The van der Waals surface area contributed by atoms with Crippen molar-refractivity contribution in [3.8, 4) is 16.9 Å². The van der Waals surface area contributed by atoms with Gasteiger partial charge in [-0.25, -0.2) is 0 Å². The van der Waals surface area contributed by atoms with Crippen molar-refractivity contribution in [1.29, 1.82) is 0 Å². The number of hydrogen-bond donors (Lipinski definition) is 1. The summed E-state index contributed by atoms with van der Waals surface area (Å²) in [7, 11) is 6.03. The molecule has 1 aromatic heterocycles. The van der Waals surface area contributed by atoms with Crippen LogP contribution in [0.1, 0.15) is 25.7 Å². The average molecular weight is 355 g/mol. The topological polar surface area (TPSA) is 59.4 Å². The largest absolute Gasteiger partial charge is 0.484 e. The molecule has 1 amide bonds. The van der Waals surface area contributed by atoms with E-state index in [1.54, 1.807) is 16.9 Å². The van der Waals surface area contributed by atoms with E-state index >= 15 is 0 Å². The summed E-state index contributed by atoms with van der Waals surface area (Å²) in [5.41, 5.74) is 1.96. The Hall–Kier alpha value is -2.34. The minimum atomic E-state index is -0.0736. The molecule has 0 bridgehead atoms. The summed E-state index contributed by atoms with van der Waals surface area (Å²) in [5, 5.41) is 7.32. The number of aryl methyl sites for hydroxylation is 1. The van der Waals surface area contributed by atoms with Crippen LogP contribution in [0.2, 0.25) is 0 Å². The molecule has 1 radical (unpaired) electrons. The summed E-state index contributed by atoms with van der Waals surface area (Å²) in [6.45, 7) is 0.0149.